The molecule has 0 radical (unpaired) electrons. The summed E-state index contributed by atoms with van der Waals surface area (Å²) in [7, 11) is 1.97. The Morgan fingerprint density at radius 3 is 2.67 bits per heavy atom. The molecule has 4 N–H and O–H groups in total. The van der Waals surface area contributed by atoms with E-state index >= 15 is 0 Å². The van der Waals surface area contributed by atoms with E-state index in [1.165, 1.54) is 11.1 Å². The zero-order valence-electron chi connectivity index (χ0n) is 17.8. The monoisotopic (exact) mass is 412 g/mol. The lowest BCUT2D eigenvalue weighted by Crippen LogP contribution is -2.20. The van der Waals surface area contributed by atoms with Crippen LogP contribution in [-0.4, -0.2) is 51.0 Å². The number of ether oxygens (including phenoxy) is 1. The number of nitrogens with zero attached hydrogens (tertiary/aromatic N) is 4. The van der Waals surface area contributed by atoms with Crippen LogP contribution in [0.2, 0.25) is 0 Å². The van der Waals surface area contributed by atoms with Crippen LogP contribution >= 0.6 is 0 Å². The van der Waals surface area contributed by atoms with E-state index in [-0.39, 0.29) is 24.5 Å². The second-order valence-electron chi connectivity index (χ2n) is 7.51. The number of rotatable bonds is 12. The fourth-order valence-electron chi connectivity index (χ4n) is 3.48. The zero-order valence-corrected chi connectivity index (χ0v) is 17.8. The van der Waals surface area contributed by atoms with Crippen LogP contribution in [0.5, 0.6) is 6.01 Å². The molecule has 0 aliphatic heterocycles. The van der Waals surface area contributed by atoms with Crippen LogP contribution in [0.3, 0.4) is 0 Å². The van der Waals surface area contributed by atoms with Gasteiger partial charge in [0, 0.05) is 19.4 Å². The minimum Gasteiger partial charge on any atom is -0.459 e. The highest BCUT2D eigenvalue weighted by Crippen LogP contribution is 2.19. The first-order chi connectivity index (χ1) is 14.6. The lowest BCUT2D eigenvalue weighted by molar-refractivity contribution is 0.133. The quantitative estimate of drug-likeness (QED) is 0.392. The van der Waals surface area contributed by atoms with Gasteiger partial charge in [0.1, 0.15) is 6.10 Å². The minimum absolute atomic E-state index is 0.0592. The molecule has 1 aromatic carbocycles. The molecule has 8 heteroatoms. The molecule has 3 aromatic rings. The van der Waals surface area contributed by atoms with Crippen LogP contribution in [0, 0.1) is 0 Å². The summed E-state index contributed by atoms with van der Waals surface area (Å²) in [5.74, 6) is 0.283. The summed E-state index contributed by atoms with van der Waals surface area (Å²) in [5.41, 5.74) is 10.0. The fraction of sp³-hybridized carbons (Fsp3) is 0.500. The summed E-state index contributed by atoms with van der Waals surface area (Å²) in [6.07, 6.45) is 6.81. The highest BCUT2D eigenvalue weighted by molar-refractivity contribution is 5.59. The highest BCUT2D eigenvalue weighted by Gasteiger charge is 2.16. The molecule has 8 nitrogen and oxygen atoms in total. The topological polar surface area (TPSA) is 111 Å². The number of fused-ring (bicyclic) bond motifs is 1. The van der Waals surface area contributed by atoms with Gasteiger partial charge in [0.15, 0.2) is 11.5 Å². The molecule has 0 bridgehead atoms. The van der Waals surface area contributed by atoms with Gasteiger partial charge in [-0.3, -0.25) is 0 Å². The number of benzene rings is 1. The Bertz CT molecular complexity index is 919. The second kappa shape index (κ2) is 10.9. The van der Waals surface area contributed by atoms with Gasteiger partial charge in [0.25, 0.3) is 0 Å². The summed E-state index contributed by atoms with van der Waals surface area (Å²) in [6.45, 7) is 3.16. The molecule has 1 unspecified atom stereocenters. The van der Waals surface area contributed by atoms with Crippen molar-refractivity contribution in [3.05, 3.63) is 47.3 Å². The maximum absolute atomic E-state index is 9.26. The molecule has 0 aliphatic rings. The van der Waals surface area contributed by atoms with Gasteiger partial charge in [-0.15, -0.1) is 5.10 Å². The number of anilines is 1. The lowest BCUT2D eigenvalue weighted by atomic mass is 10.0. The van der Waals surface area contributed by atoms with Crippen molar-refractivity contribution in [2.75, 3.05) is 25.9 Å². The lowest BCUT2D eigenvalue weighted by Gasteiger charge is -2.16. The number of nitrogen functional groups attached to an aromatic ring is 1. The summed E-state index contributed by atoms with van der Waals surface area (Å²) >= 11 is 0. The van der Waals surface area contributed by atoms with Crippen molar-refractivity contribution in [2.24, 2.45) is 0 Å². The molecule has 2 aromatic heterocycles. The molecule has 0 amide bonds. The molecular weight excluding hydrogens is 380 g/mol. The van der Waals surface area contributed by atoms with Gasteiger partial charge in [-0.1, -0.05) is 37.6 Å². The van der Waals surface area contributed by atoms with Crippen molar-refractivity contribution in [3.63, 3.8) is 0 Å². The van der Waals surface area contributed by atoms with Gasteiger partial charge >= 0.3 is 6.01 Å². The van der Waals surface area contributed by atoms with Gasteiger partial charge in [0.2, 0.25) is 0 Å². The van der Waals surface area contributed by atoms with Crippen LogP contribution < -0.4 is 15.8 Å². The summed E-state index contributed by atoms with van der Waals surface area (Å²) in [6, 6.07) is 8.86. The molecule has 0 saturated heterocycles. The van der Waals surface area contributed by atoms with Crippen LogP contribution in [0.25, 0.3) is 5.65 Å². The SMILES string of the molecule is CCCC(CCO)Oc1nc(N)c2ncc(Cc3ccc(CCCNC)cc3)n2n1. The molecule has 2 heterocycles. The number of aliphatic hydroxyl groups excluding tert-OH is 1. The van der Waals surface area contributed by atoms with Gasteiger partial charge in [-0.2, -0.15) is 4.98 Å². The van der Waals surface area contributed by atoms with Crippen molar-refractivity contribution in [3.8, 4) is 6.01 Å². The summed E-state index contributed by atoms with van der Waals surface area (Å²) < 4.78 is 7.61. The predicted molar refractivity (Wildman–Crippen MR) is 118 cm³/mol. The Morgan fingerprint density at radius 1 is 1.20 bits per heavy atom. The average molecular weight is 413 g/mol. The molecule has 0 spiro atoms. The van der Waals surface area contributed by atoms with Crippen molar-refractivity contribution in [1.29, 1.82) is 0 Å². The Balaban J connectivity index is 1.77. The van der Waals surface area contributed by atoms with Crippen LogP contribution in [0.15, 0.2) is 30.5 Å². The summed E-state index contributed by atoms with van der Waals surface area (Å²) in [5, 5.41) is 17.0. The second-order valence-corrected chi connectivity index (χ2v) is 7.51. The predicted octanol–water partition coefficient (Wildman–Crippen LogP) is 2.38. The number of nitrogens with one attached hydrogen (secondary N) is 1. The molecule has 3 rings (SSSR count). The Kier molecular flexibility index (Phi) is 7.98. The van der Waals surface area contributed by atoms with E-state index < -0.39 is 0 Å². The van der Waals surface area contributed by atoms with Gasteiger partial charge in [-0.05, 0) is 44.0 Å². The van der Waals surface area contributed by atoms with Crippen molar-refractivity contribution in [2.45, 2.75) is 51.6 Å². The molecule has 30 heavy (non-hydrogen) atoms. The fourth-order valence-corrected chi connectivity index (χ4v) is 3.48. The van der Waals surface area contributed by atoms with Crippen LogP contribution in [0.1, 0.15) is 49.4 Å². The van der Waals surface area contributed by atoms with Gasteiger partial charge in [-0.25, -0.2) is 9.50 Å². The zero-order chi connectivity index (χ0) is 21.3. The first kappa shape index (κ1) is 22.0. The number of hydrogen-bond acceptors (Lipinski definition) is 7. The first-order valence-corrected chi connectivity index (χ1v) is 10.6. The molecule has 0 aliphatic carbocycles. The number of nitrogens with two attached hydrogens (primary N) is 1. The number of imidazole rings is 1. The number of aromatic nitrogens is 4. The number of aliphatic hydroxyl groups is 1. The number of hydrogen-bond donors (Lipinski definition) is 3. The normalized spacial score (nSPS) is 12.4. The van der Waals surface area contributed by atoms with Gasteiger partial charge < -0.3 is 20.9 Å². The average Bonchev–Trinajstić information content (AvgIpc) is 3.13. The number of aryl methyl sites for hydroxylation is 1. The van der Waals surface area contributed by atoms with E-state index in [0.29, 0.717) is 18.5 Å². The van der Waals surface area contributed by atoms with Crippen LogP contribution in [0.4, 0.5) is 5.82 Å². The standard InChI is InChI=1S/C22H32N6O2/c1-3-5-19(11-13-29)30-22-26-20(23)21-25-15-18(28(21)27-22)14-17-9-7-16(8-10-17)6-4-12-24-2/h7-10,15,19,24,29H,3-6,11-14H2,1-2H3,(H2,23,26,27). The van der Waals surface area contributed by atoms with E-state index in [4.69, 9.17) is 10.5 Å². The molecule has 162 valence electrons. The maximum Gasteiger partial charge on any atom is 0.336 e. The molecule has 0 saturated carbocycles. The van der Waals surface area contributed by atoms with Crippen LogP contribution in [-0.2, 0) is 12.8 Å². The van der Waals surface area contributed by atoms with E-state index in [0.717, 1.165) is 37.9 Å². The third kappa shape index (κ3) is 5.67. The third-order valence-electron chi connectivity index (χ3n) is 5.07. The van der Waals surface area contributed by atoms with E-state index in [9.17, 15) is 5.11 Å². The van der Waals surface area contributed by atoms with E-state index in [1.807, 2.05) is 7.05 Å². The van der Waals surface area contributed by atoms with Crippen molar-refractivity contribution in [1.82, 2.24) is 24.9 Å². The smallest absolute Gasteiger partial charge is 0.336 e. The third-order valence-corrected chi connectivity index (χ3v) is 5.07. The Hall–Kier alpha value is -2.71. The van der Waals surface area contributed by atoms with Gasteiger partial charge in [0.05, 0.1) is 11.9 Å². The first-order valence-electron chi connectivity index (χ1n) is 10.6. The molecule has 1 atom stereocenters. The minimum atomic E-state index is -0.140. The van der Waals surface area contributed by atoms with Crippen molar-refractivity contribution < 1.29 is 9.84 Å². The largest absolute Gasteiger partial charge is 0.459 e. The highest BCUT2D eigenvalue weighted by atomic mass is 16.5. The Labute approximate surface area is 177 Å². The summed E-state index contributed by atoms with van der Waals surface area (Å²) in [4.78, 5) is 8.63. The van der Waals surface area contributed by atoms with E-state index in [1.54, 1.807) is 10.7 Å². The van der Waals surface area contributed by atoms with Crippen molar-refractivity contribution >= 4 is 11.5 Å². The Morgan fingerprint density at radius 2 is 1.97 bits per heavy atom. The molecule has 0 fully saturated rings. The maximum atomic E-state index is 9.26. The molecular formula is C22H32N6O2. The van der Waals surface area contributed by atoms with E-state index in [2.05, 4.69) is 51.6 Å².